The van der Waals surface area contributed by atoms with Gasteiger partial charge in [-0.3, -0.25) is 0 Å². The van der Waals surface area contributed by atoms with Gasteiger partial charge in [0.25, 0.3) is 0 Å². The molecule has 1 fully saturated rings. The monoisotopic (exact) mass is 250 g/mol. The first-order valence-corrected chi connectivity index (χ1v) is 6.02. The lowest BCUT2D eigenvalue weighted by atomic mass is 9.89. The lowest BCUT2D eigenvalue weighted by Crippen LogP contribution is -2.40. The van der Waals surface area contributed by atoms with Crippen LogP contribution in [0.1, 0.15) is 34.5 Å². The number of nitrogens with zero attached hydrogens (tertiary/aromatic N) is 1. The lowest BCUT2D eigenvalue weighted by Gasteiger charge is -2.35. The van der Waals surface area contributed by atoms with E-state index in [-0.39, 0.29) is 17.7 Å². The van der Waals surface area contributed by atoms with Crippen LogP contribution in [-0.2, 0) is 4.74 Å². The summed E-state index contributed by atoms with van der Waals surface area (Å²) in [6.45, 7) is 3.66. The average Bonchev–Trinajstić information content (AvgIpc) is 2.20. The van der Waals surface area contributed by atoms with Crippen molar-refractivity contribution in [1.82, 2.24) is 4.98 Å². The molecule has 0 atom stereocenters. The number of rotatable bonds is 4. The van der Waals surface area contributed by atoms with E-state index in [1.807, 2.05) is 6.92 Å². The van der Waals surface area contributed by atoms with E-state index >= 15 is 0 Å². The normalized spacial score (nSPS) is 22.4. The summed E-state index contributed by atoms with van der Waals surface area (Å²) < 4.78 is 5.20. The Morgan fingerprint density at radius 3 is 2.72 bits per heavy atom. The summed E-state index contributed by atoms with van der Waals surface area (Å²) in [6.07, 6.45) is 2.07. The molecule has 0 unspecified atom stereocenters. The summed E-state index contributed by atoms with van der Waals surface area (Å²) in [7, 11) is 1.69. The van der Waals surface area contributed by atoms with Crippen LogP contribution in [0, 0.1) is 13.8 Å². The Morgan fingerprint density at radius 1 is 1.50 bits per heavy atom. The molecule has 0 amide bonds. The Hall–Kier alpha value is -1.62. The van der Waals surface area contributed by atoms with Gasteiger partial charge in [0, 0.05) is 18.8 Å². The summed E-state index contributed by atoms with van der Waals surface area (Å²) in [4.78, 5) is 15.6. The van der Waals surface area contributed by atoms with E-state index in [1.54, 1.807) is 20.1 Å². The Balaban J connectivity index is 2.19. The number of pyridine rings is 1. The molecule has 5 heteroatoms. The van der Waals surface area contributed by atoms with Crippen LogP contribution in [0.5, 0.6) is 0 Å². The van der Waals surface area contributed by atoms with E-state index in [4.69, 9.17) is 4.74 Å². The van der Waals surface area contributed by atoms with Crippen molar-refractivity contribution in [2.24, 2.45) is 0 Å². The van der Waals surface area contributed by atoms with Gasteiger partial charge >= 0.3 is 5.97 Å². The van der Waals surface area contributed by atoms with Gasteiger partial charge in [-0.25, -0.2) is 9.78 Å². The lowest BCUT2D eigenvalue weighted by molar-refractivity contribution is 0.0327. The molecule has 0 radical (unpaired) electrons. The highest BCUT2D eigenvalue weighted by Crippen LogP contribution is 2.28. The molecule has 0 spiro atoms. The highest BCUT2D eigenvalue weighted by Gasteiger charge is 2.30. The van der Waals surface area contributed by atoms with E-state index in [0.717, 1.165) is 24.1 Å². The number of nitrogens with one attached hydrogen (secondary N) is 1. The van der Waals surface area contributed by atoms with Crippen LogP contribution in [0.25, 0.3) is 0 Å². The molecule has 0 bridgehead atoms. The van der Waals surface area contributed by atoms with E-state index < -0.39 is 5.97 Å². The summed E-state index contributed by atoms with van der Waals surface area (Å²) >= 11 is 0. The topological polar surface area (TPSA) is 71.5 Å². The summed E-state index contributed by atoms with van der Waals surface area (Å²) in [6, 6.07) is 2.04. The molecular formula is C13H18N2O3. The first-order valence-electron chi connectivity index (χ1n) is 6.02. The minimum Gasteiger partial charge on any atom is -0.478 e. The van der Waals surface area contributed by atoms with Crippen LogP contribution in [0.2, 0.25) is 0 Å². The molecule has 1 aromatic rings. The van der Waals surface area contributed by atoms with Crippen LogP contribution in [0.4, 0.5) is 5.82 Å². The molecule has 0 aliphatic heterocycles. The molecule has 1 aliphatic rings. The zero-order valence-electron chi connectivity index (χ0n) is 10.9. The Bertz CT molecular complexity index is 468. The minimum absolute atomic E-state index is 0.252. The van der Waals surface area contributed by atoms with Crippen molar-refractivity contribution in [3.63, 3.8) is 0 Å². The fourth-order valence-electron chi connectivity index (χ4n) is 2.28. The van der Waals surface area contributed by atoms with Gasteiger partial charge in [0.2, 0.25) is 0 Å². The zero-order chi connectivity index (χ0) is 13.3. The van der Waals surface area contributed by atoms with Gasteiger partial charge in [-0.2, -0.15) is 0 Å². The number of hydrogen-bond acceptors (Lipinski definition) is 4. The molecule has 0 aromatic carbocycles. The van der Waals surface area contributed by atoms with Gasteiger partial charge in [0.15, 0.2) is 0 Å². The molecular weight excluding hydrogens is 232 g/mol. The van der Waals surface area contributed by atoms with E-state index in [0.29, 0.717) is 5.82 Å². The fourth-order valence-corrected chi connectivity index (χ4v) is 2.28. The number of carbonyl (C=O) groups is 1. The Morgan fingerprint density at radius 2 is 2.17 bits per heavy atom. The van der Waals surface area contributed by atoms with Crippen molar-refractivity contribution in [2.75, 3.05) is 12.4 Å². The third-order valence-electron chi connectivity index (χ3n) is 3.33. The standard InChI is InChI=1S/C13H18N2O3/c1-7-4-8(2)14-12(11(7)13(16)17)15-9-5-10(6-9)18-3/h4,9-10H,5-6H2,1-3H3,(H,14,15)(H,16,17). The molecule has 2 N–H and O–H groups in total. The van der Waals surface area contributed by atoms with Crippen molar-refractivity contribution in [2.45, 2.75) is 38.8 Å². The average molecular weight is 250 g/mol. The molecule has 1 heterocycles. The zero-order valence-corrected chi connectivity index (χ0v) is 10.9. The number of aromatic nitrogens is 1. The number of methoxy groups -OCH3 is 1. The first kappa shape index (κ1) is 12.8. The highest BCUT2D eigenvalue weighted by molar-refractivity contribution is 5.94. The van der Waals surface area contributed by atoms with E-state index in [9.17, 15) is 9.90 Å². The third kappa shape index (κ3) is 2.46. The van der Waals surface area contributed by atoms with Gasteiger partial charge < -0.3 is 15.2 Å². The maximum absolute atomic E-state index is 11.3. The number of aryl methyl sites for hydroxylation is 2. The molecule has 5 nitrogen and oxygen atoms in total. The number of ether oxygens (including phenoxy) is 1. The molecule has 1 aliphatic carbocycles. The van der Waals surface area contributed by atoms with Crippen molar-refractivity contribution in [3.8, 4) is 0 Å². The van der Waals surface area contributed by atoms with Gasteiger partial charge in [0.1, 0.15) is 11.4 Å². The first-order chi connectivity index (χ1) is 8.51. The second-order valence-corrected chi connectivity index (χ2v) is 4.78. The summed E-state index contributed by atoms with van der Waals surface area (Å²) in [5.41, 5.74) is 1.82. The van der Waals surface area contributed by atoms with Crippen molar-refractivity contribution >= 4 is 11.8 Å². The Kier molecular flexibility index (Phi) is 3.52. The summed E-state index contributed by atoms with van der Waals surface area (Å²) in [5.74, 6) is -0.468. The molecule has 2 rings (SSSR count). The largest absolute Gasteiger partial charge is 0.478 e. The number of anilines is 1. The van der Waals surface area contributed by atoms with Gasteiger partial charge in [0.05, 0.1) is 6.10 Å². The fraction of sp³-hybridized carbons (Fsp3) is 0.538. The highest BCUT2D eigenvalue weighted by atomic mass is 16.5. The van der Waals surface area contributed by atoms with Crippen molar-refractivity contribution in [1.29, 1.82) is 0 Å². The molecule has 1 saturated carbocycles. The van der Waals surface area contributed by atoms with E-state index in [2.05, 4.69) is 10.3 Å². The number of hydrogen-bond donors (Lipinski definition) is 2. The molecule has 18 heavy (non-hydrogen) atoms. The number of aromatic carboxylic acids is 1. The van der Waals surface area contributed by atoms with Crippen molar-refractivity contribution in [3.05, 3.63) is 22.9 Å². The molecule has 1 aromatic heterocycles. The molecule has 0 saturated heterocycles. The summed E-state index contributed by atoms with van der Waals surface area (Å²) in [5, 5.41) is 12.4. The number of carboxylic acid groups (broad SMARTS) is 1. The predicted molar refractivity (Wildman–Crippen MR) is 68.1 cm³/mol. The second kappa shape index (κ2) is 4.94. The SMILES string of the molecule is COC1CC(Nc2nc(C)cc(C)c2C(=O)O)C1. The maximum Gasteiger partial charge on any atom is 0.339 e. The minimum atomic E-state index is -0.940. The quantitative estimate of drug-likeness (QED) is 0.855. The molecule has 98 valence electrons. The van der Waals surface area contributed by atoms with Gasteiger partial charge in [-0.15, -0.1) is 0 Å². The van der Waals surface area contributed by atoms with Crippen molar-refractivity contribution < 1.29 is 14.6 Å². The van der Waals surface area contributed by atoms with Gasteiger partial charge in [-0.05, 0) is 38.3 Å². The maximum atomic E-state index is 11.3. The predicted octanol–water partition coefficient (Wildman–Crippen LogP) is 1.99. The van der Waals surface area contributed by atoms with Crippen LogP contribution in [-0.4, -0.2) is 35.3 Å². The van der Waals surface area contributed by atoms with E-state index in [1.165, 1.54) is 0 Å². The number of carboxylic acids is 1. The smallest absolute Gasteiger partial charge is 0.339 e. The van der Waals surface area contributed by atoms with Crippen LogP contribution in [0.3, 0.4) is 0 Å². The van der Waals surface area contributed by atoms with Crippen LogP contribution >= 0.6 is 0 Å². The van der Waals surface area contributed by atoms with Crippen LogP contribution in [0.15, 0.2) is 6.07 Å². The Labute approximate surface area is 106 Å². The second-order valence-electron chi connectivity index (χ2n) is 4.78. The van der Waals surface area contributed by atoms with Gasteiger partial charge in [-0.1, -0.05) is 0 Å². The third-order valence-corrected chi connectivity index (χ3v) is 3.33. The van der Waals surface area contributed by atoms with Crippen LogP contribution < -0.4 is 5.32 Å².